The lowest BCUT2D eigenvalue weighted by Crippen LogP contribution is -2.27. The van der Waals surface area contributed by atoms with Crippen LogP contribution in [0.5, 0.6) is 5.88 Å². The molecule has 1 fully saturated rings. The highest BCUT2D eigenvalue weighted by Gasteiger charge is 2.25. The monoisotopic (exact) mass is 362 g/mol. The Bertz CT molecular complexity index is 793. The summed E-state index contributed by atoms with van der Waals surface area (Å²) in [7, 11) is 1.56. The van der Waals surface area contributed by atoms with E-state index in [4.69, 9.17) is 16.3 Å². The Morgan fingerprint density at radius 3 is 2.84 bits per heavy atom. The molecule has 1 N–H and O–H groups in total. The van der Waals surface area contributed by atoms with Crippen molar-refractivity contribution in [2.24, 2.45) is 0 Å². The molecule has 1 atom stereocenters. The van der Waals surface area contributed by atoms with Gasteiger partial charge in [-0.15, -0.1) is 0 Å². The Labute approximate surface area is 151 Å². The number of benzene rings is 1. The summed E-state index contributed by atoms with van der Waals surface area (Å²) >= 11 is 5.80. The summed E-state index contributed by atoms with van der Waals surface area (Å²) in [6, 6.07) is 6.37. The molecule has 0 aliphatic heterocycles. The highest BCUT2D eigenvalue weighted by Crippen LogP contribution is 2.40. The van der Waals surface area contributed by atoms with Crippen LogP contribution in [0.4, 0.5) is 4.39 Å². The van der Waals surface area contributed by atoms with Crippen LogP contribution in [0.3, 0.4) is 0 Å². The molecule has 1 amide bonds. The zero-order chi connectivity index (χ0) is 18.0. The molecule has 0 radical (unpaired) electrons. The smallest absolute Gasteiger partial charge is 0.227 e. The molecule has 0 spiro atoms. The molecule has 4 nitrogen and oxygen atoms in total. The van der Waals surface area contributed by atoms with Crippen molar-refractivity contribution < 1.29 is 13.9 Å². The van der Waals surface area contributed by atoms with Crippen LogP contribution in [0.25, 0.3) is 0 Å². The van der Waals surface area contributed by atoms with E-state index in [1.54, 1.807) is 20.1 Å². The molecule has 1 unspecified atom stereocenters. The zero-order valence-corrected chi connectivity index (χ0v) is 14.9. The van der Waals surface area contributed by atoms with Gasteiger partial charge in [0.15, 0.2) is 0 Å². The molecule has 1 heterocycles. The van der Waals surface area contributed by atoms with Crippen LogP contribution >= 0.6 is 11.6 Å². The molecule has 3 rings (SSSR count). The summed E-state index contributed by atoms with van der Waals surface area (Å²) in [5.41, 5.74) is 2.70. The van der Waals surface area contributed by atoms with Crippen LogP contribution < -0.4 is 10.1 Å². The number of hydrogen-bond donors (Lipinski definition) is 1. The number of amides is 1. The van der Waals surface area contributed by atoms with Crippen LogP contribution in [0.1, 0.15) is 48.3 Å². The van der Waals surface area contributed by atoms with Gasteiger partial charge in [-0.2, -0.15) is 0 Å². The third kappa shape index (κ3) is 4.10. The van der Waals surface area contributed by atoms with Gasteiger partial charge in [0, 0.05) is 18.3 Å². The van der Waals surface area contributed by atoms with E-state index in [0.29, 0.717) is 23.9 Å². The van der Waals surface area contributed by atoms with Gasteiger partial charge in [-0.05, 0) is 55.0 Å². The Hall–Kier alpha value is -2.14. The van der Waals surface area contributed by atoms with E-state index in [0.717, 1.165) is 5.56 Å². The number of hydrogen-bond acceptors (Lipinski definition) is 3. The van der Waals surface area contributed by atoms with Crippen LogP contribution in [0.2, 0.25) is 5.02 Å². The van der Waals surface area contributed by atoms with Gasteiger partial charge in [0.1, 0.15) is 5.82 Å². The van der Waals surface area contributed by atoms with Crippen molar-refractivity contribution in [3.05, 3.63) is 58.0 Å². The average Bonchev–Trinajstić information content (AvgIpc) is 3.46. The van der Waals surface area contributed by atoms with Crippen molar-refractivity contribution in [3.8, 4) is 5.88 Å². The molecule has 1 aliphatic carbocycles. The summed E-state index contributed by atoms with van der Waals surface area (Å²) in [6.07, 6.45) is 4.20. The van der Waals surface area contributed by atoms with Crippen molar-refractivity contribution in [3.63, 3.8) is 0 Å². The minimum atomic E-state index is -0.495. The maximum Gasteiger partial charge on any atom is 0.227 e. The molecular weight excluding hydrogens is 343 g/mol. The molecule has 6 heteroatoms. The lowest BCUT2D eigenvalue weighted by molar-refractivity contribution is -0.122. The number of nitrogens with one attached hydrogen (secondary N) is 1. The number of ether oxygens (including phenoxy) is 1. The standard InChI is InChI=1S/C19H20ClFN2O2/c1-11(13-5-6-17(21)16(20)8-13)18(24)22-10-15-7-14(12-3-4-12)9-23-19(15)25-2/h5-9,11-12H,3-4,10H2,1-2H3,(H,22,24). The molecule has 1 saturated carbocycles. The number of halogens is 2. The fourth-order valence-electron chi connectivity index (χ4n) is 2.74. The maximum absolute atomic E-state index is 13.3. The van der Waals surface area contributed by atoms with Gasteiger partial charge < -0.3 is 10.1 Å². The van der Waals surface area contributed by atoms with Gasteiger partial charge >= 0.3 is 0 Å². The number of nitrogens with zero attached hydrogens (tertiary/aromatic N) is 1. The second-order valence-corrected chi connectivity index (χ2v) is 6.73. The number of aromatic nitrogens is 1. The fourth-order valence-corrected chi connectivity index (χ4v) is 2.92. The molecule has 2 aromatic rings. The lowest BCUT2D eigenvalue weighted by atomic mass is 10.00. The maximum atomic E-state index is 13.3. The predicted molar refractivity (Wildman–Crippen MR) is 94.4 cm³/mol. The minimum absolute atomic E-state index is 0.0140. The van der Waals surface area contributed by atoms with Gasteiger partial charge in [-0.3, -0.25) is 4.79 Å². The van der Waals surface area contributed by atoms with Crippen LogP contribution in [-0.2, 0) is 11.3 Å². The summed E-state index contributed by atoms with van der Waals surface area (Å²) in [5, 5.41) is 2.91. The second kappa shape index (κ2) is 7.40. The van der Waals surface area contributed by atoms with Gasteiger partial charge in [0.05, 0.1) is 18.1 Å². The number of pyridine rings is 1. The summed E-state index contributed by atoms with van der Waals surface area (Å²) in [5.74, 6) is -0.00809. The van der Waals surface area contributed by atoms with E-state index in [2.05, 4.69) is 10.3 Å². The minimum Gasteiger partial charge on any atom is -0.481 e. The third-order valence-electron chi connectivity index (χ3n) is 4.48. The first-order valence-corrected chi connectivity index (χ1v) is 8.63. The van der Waals surface area contributed by atoms with E-state index in [-0.39, 0.29) is 10.9 Å². The van der Waals surface area contributed by atoms with E-state index in [1.165, 1.54) is 30.5 Å². The molecule has 0 saturated heterocycles. The number of methoxy groups -OCH3 is 1. The molecule has 132 valence electrons. The molecule has 0 bridgehead atoms. The molecule has 1 aliphatic rings. The largest absolute Gasteiger partial charge is 0.481 e. The Kier molecular flexibility index (Phi) is 5.23. The Balaban J connectivity index is 1.68. The van der Waals surface area contributed by atoms with E-state index in [9.17, 15) is 9.18 Å². The van der Waals surface area contributed by atoms with E-state index in [1.807, 2.05) is 12.3 Å². The van der Waals surface area contributed by atoms with Crippen molar-refractivity contribution in [1.29, 1.82) is 0 Å². The highest BCUT2D eigenvalue weighted by atomic mass is 35.5. The van der Waals surface area contributed by atoms with Crippen molar-refractivity contribution in [1.82, 2.24) is 10.3 Å². The van der Waals surface area contributed by atoms with Gasteiger partial charge in [0.25, 0.3) is 0 Å². The van der Waals surface area contributed by atoms with Gasteiger partial charge in [0.2, 0.25) is 11.8 Å². The SMILES string of the molecule is COc1ncc(C2CC2)cc1CNC(=O)C(C)c1ccc(F)c(Cl)c1. The summed E-state index contributed by atoms with van der Waals surface area (Å²) < 4.78 is 18.6. The van der Waals surface area contributed by atoms with Crippen LogP contribution in [0, 0.1) is 5.82 Å². The first kappa shape index (κ1) is 17.7. The first-order valence-electron chi connectivity index (χ1n) is 8.25. The van der Waals surface area contributed by atoms with E-state index >= 15 is 0 Å². The number of carbonyl (C=O) groups excluding carboxylic acids is 1. The lowest BCUT2D eigenvalue weighted by Gasteiger charge is -2.15. The normalized spacial score (nSPS) is 14.9. The van der Waals surface area contributed by atoms with Crippen LogP contribution in [-0.4, -0.2) is 18.0 Å². The quantitative estimate of drug-likeness (QED) is 0.838. The van der Waals surface area contributed by atoms with Crippen molar-refractivity contribution in [2.75, 3.05) is 7.11 Å². The van der Waals surface area contributed by atoms with Crippen molar-refractivity contribution >= 4 is 17.5 Å². The fraction of sp³-hybridized carbons (Fsp3) is 0.368. The second-order valence-electron chi connectivity index (χ2n) is 6.32. The topological polar surface area (TPSA) is 51.2 Å². The van der Waals surface area contributed by atoms with Gasteiger partial charge in [-0.25, -0.2) is 9.37 Å². The molecule has 1 aromatic heterocycles. The van der Waals surface area contributed by atoms with Crippen LogP contribution in [0.15, 0.2) is 30.5 Å². The average molecular weight is 363 g/mol. The number of rotatable bonds is 6. The Morgan fingerprint density at radius 2 is 2.20 bits per heavy atom. The summed E-state index contributed by atoms with van der Waals surface area (Å²) in [6.45, 7) is 2.09. The summed E-state index contributed by atoms with van der Waals surface area (Å²) in [4.78, 5) is 16.8. The van der Waals surface area contributed by atoms with Crippen molar-refractivity contribution in [2.45, 2.75) is 38.1 Å². The molecule has 1 aromatic carbocycles. The number of carbonyl (C=O) groups is 1. The van der Waals surface area contributed by atoms with E-state index < -0.39 is 11.7 Å². The van der Waals surface area contributed by atoms with Gasteiger partial charge in [-0.1, -0.05) is 17.7 Å². The molecular formula is C19H20ClFN2O2. The first-order chi connectivity index (χ1) is 12.0. The zero-order valence-electron chi connectivity index (χ0n) is 14.2. The predicted octanol–water partition coefficient (Wildman–Crippen LogP) is 4.18. The third-order valence-corrected chi connectivity index (χ3v) is 4.77. The Morgan fingerprint density at radius 1 is 1.44 bits per heavy atom. The molecule has 25 heavy (non-hydrogen) atoms. The highest BCUT2D eigenvalue weighted by molar-refractivity contribution is 6.30.